The van der Waals surface area contributed by atoms with Gasteiger partial charge in [-0.1, -0.05) is 12.1 Å². The zero-order valence-electron chi connectivity index (χ0n) is 11.4. The Balaban J connectivity index is 1.52. The first-order chi connectivity index (χ1) is 9.93. The van der Waals surface area contributed by atoms with Crippen LogP contribution in [0.5, 0.6) is 5.88 Å². The lowest BCUT2D eigenvalue weighted by Gasteiger charge is -2.23. The van der Waals surface area contributed by atoms with E-state index in [2.05, 4.69) is 15.3 Å². The molecule has 1 N–H and O–H groups in total. The molecule has 0 spiro atoms. The van der Waals surface area contributed by atoms with E-state index >= 15 is 0 Å². The summed E-state index contributed by atoms with van der Waals surface area (Å²) in [6, 6.07) is 7.89. The molecule has 1 saturated heterocycles. The van der Waals surface area contributed by atoms with Gasteiger partial charge in [-0.3, -0.25) is 0 Å². The smallest absolute Gasteiger partial charge is 0.224 e. The van der Waals surface area contributed by atoms with Gasteiger partial charge in [0, 0.05) is 13.1 Å². The first kappa shape index (κ1) is 13.3. The average molecular weight is 273 g/mol. The molecule has 0 radical (unpaired) electrons. The molecule has 1 aliphatic rings. The highest BCUT2D eigenvalue weighted by atomic mass is 16.5. The predicted octanol–water partition coefficient (Wildman–Crippen LogP) is 1.78. The van der Waals surface area contributed by atoms with E-state index in [0.29, 0.717) is 18.6 Å². The normalized spacial score (nSPS) is 19.1. The van der Waals surface area contributed by atoms with Gasteiger partial charge in [0.05, 0.1) is 30.2 Å². The van der Waals surface area contributed by atoms with Gasteiger partial charge in [0.1, 0.15) is 6.33 Å². The molecule has 0 amide bonds. The van der Waals surface area contributed by atoms with Crippen LogP contribution in [0.4, 0.5) is 0 Å². The third-order valence-electron chi connectivity index (χ3n) is 3.42. The number of nitrogens with one attached hydrogen (secondary N) is 1. The molecule has 1 aliphatic heterocycles. The van der Waals surface area contributed by atoms with Crippen molar-refractivity contribution in [3.63, 3.8) is 0 Å². The summed E-state index contributed by atoms with van der Waals surface area (Å²) in [5.74, 6) is 0.665. The highest BCUT2D eigenvalue weighted by molar-refractivity contribution is 5.82. The Morgan fingerprint density at radius 3 is 3.15 bits per heavy atom. The number of morpholine rings is 1. The largest absolute Gasteiger partial charge is 0.477 e. The molecule has 0 saturated carbocycles. The molecule has 5 nitrogen and oxygen atoms in total. The van der Waals surface area contributed by atoms with Crippen molar-refractivity contribution in [1.82, 2.24) is 15.3 Å². The number of ether oxygens (including phenoxy) is 2. The molecule has 1 atom stereocenters. The second kappa shape index (κ2) is 6.63. The van der Waals surface area contributed by atoms with E-state index in [0.717, 1.165) is 43.4 Å². The van der Waals surface area contributed by atoms with E-state index in [4.69, 9.17) is 9.47 Å². The molecule has 2 aromatic rings. The van der Waals surface area contributed by atoms with Crippen LogP contribution in [0.1, 0.15) is 12.8 Å². The lowest BCUT2D eigenvalue weighted by molar-refractivity contribution is 0.0203. The van der Waals surface area contributed by atoms with Crippen LogP contribution >= 0.6 is 0 Å². The first-order valence-electron chi connectivity index (χ1n) is 7.08. The zero-order valence-corrected chi connectivity index (χ0v) is 11.4. The predicted molar refractivity (Wildman–Crippen MR) is 76.9 cm³/mol. The Hall–Kier alpha value is -1.72. The molecule has 20 heavy (non-hydrogen) atoms. The molecule has 0 bridgehead atoms. The molecular weight excluding hydrogens is 254 g/mol. The van der Waals surface area contributed by atoms with Crippen LogP contribution in [0.15, 0.2) is 30.6 Å². The van der Waals surface area contributed by atoms with E-state index < -0.39 is 0 Å². The van der Waals surface area contributed by atoms with Crippen molar-refractivity contribution in [3.8, 4) is 5.88 Å². The van der Waals surface area contributed by atoms with Gasteiger partial charge in [-0.25, -0.2) is 9.97 Å². The third-order valence-corrected chi connectivity index (χ3v) is 3.42. The number of hydrogen-bond acceptors (Lipinski definition) is 5. The second-order valence-corrected chi connectivity index (χ2v) is 4.88. The second-order valence-electron chi connectivity index (χ2n) is 4.88. The SMILES string of the molecule is c1ccc2c(OCCCC3CNCCO3)ncnc2c1. The molecule has 2 heterocycles. The maximum atomic E-state index is 5.78. The molecule has 1 aromatic heterocycles. The van der Waals surface area contributed by atoms with E-state index in [1.54, 1.807) is 6.33 Å². The maximum Gasteiger partial charge on any atom is 0.224 e. The summed E-state index contributed by atoms with van der Waals surface area (Å²) >= 11 is 0. The lowest BCUT2D eigenvalue weighted by atomic mass is 10.2. The highest BCUT2D eigenvalue weighted by Gasteiger charge is 2.12. The number of hydrogen-bond donors (Lipinski definition) is 1. The molecule has 3 rings (SSSR count). The van der Waals surface area contributed by atoms with E-state index in [-0.39, 0.29) is 0 Å². The maximum absolute atomic E-state index is 5.78. The minimum atomic E-state index is 0.314. The van der Waals surface area contributed by atoms with Crippen molar-refractivity contribution >= 4 is 10.9 Å². The van der Waals surface area contributed by atoms with Gasteiger partial charge < -0.3 is 14.8 Å². The fraction of sp³-hybridized carbons (Fsp3) is 0.467. The molecule has 0 aliphatic carbocycles. The van der Waals surface area contributed by atoms with Crippen LogP contribution in [-0.2, 0) is 4.74 Å². The van der Waals surface area contributed by atoms with Crippen LogP contribution in [0.2, 0.25) is 0 Å². The van der Waals surface area contributed by atoms with Crippen LogP contribution in [-0.4, -0.2) is 42.4 Å². The summed E-state index contributed by atoms with van der Waals surface area (Å²) in [5, 5.41) is 4.29. The van der Waals surface area contributed by atoms with Gasteiger partial charge in [0.15, 0.2) is 0 Å². The summed E-state index contributed by atoms with van der Waals surface area (Å²) in [6.07, 6.45) is 3.83. The van der Waals surface area contributed by atoms with Crippen molar-refractivity contribution in [1.29, 1.82) is 0 Å². The Labute approximate surface area is 118 Å². The van der Waals surface area contributed by atoms with Gasteiger partial charge in [0.25, 0.3) is 0 Å². The van der Waals surface area contributed by atoms with E-state index in [1.807, 2.05) is 24.3 Å². The van der Waals surface area contributed by atoms with Crippen LogP contribution < -0.4 is 10.1 Å². The summed E-state index contributed by atoms with van der Waals surface area (Å²) in [7, 11) is 0. The number of aromatic nitrogens is 2. The van der Waals surface area contributed by atoms with E-state index in [1.165, 1.54) is 0 Å². The highest BCUT2D eigenvalue weighted by Crippen LogP contribution is 2.20. The quantitative estimate of drug-likeness (QED) is 0.842. The standard InChI is InChI=1S/C15H19N3O2/c1-2-6-14-13(5-1)15(18-11-17-14)20-8-3-4-12-10-16-7-9-19-12/h1-2,5-6,11-12,16H,3-4,7-10H2. The van der Waals surface area contributed by atoms with Crippen LogP contribution in [0.25, 0.3) is 10.9 Å². The zero-order chi connectivity index (χ0) is 13.6. The van der Waals surface area contributed by atoms with Crippen molar-refractivity contribution in [2.75, 3.05) is 26.3 Å². The topological polar surface area (TPSA) is 56.3 Å². The van der Waals surface area contributed by atoms with Crippen molar-refractivity contribution in [3.05, 3.63) is 30.6 Å². The number of benzene rings is 1. The summed E-state index contributed by atoms with van der Waals surface area (Å²) in [4.78, 5) is 8.44. The molecule has 1 unspecified atom stereocenters. The van der Waals surface area contributed by atoms with Crippen LogP contribution in [0, 0.1) is 0 Å². The van der Waals surface area contributed by atoms with Gasteiger partial charge in [0.2, 0.25) is 5.88 Å². The minimum Gasteiger partial charge on any atom is -0.477 e. The summed E-state index contributed by atoms with van der Waals surface area (Å²) in [6.45, 7) is 3.36. The Kier molecular flexibility index (Phi) is 4.40. The van der Waals surface area contributed by atoms with Gasteiger partial charge >= 0.3 is 0 Å². The van der Waals surface area contributed by atoms with Crippen molar-refractivity contribution in [2.45, 2.75) is 18.9 Å². The van der Waals surface area contributed by atoms with E-state index in [9.17, 15) is 0 Å². The molecule has 1 aromatic carbocycles. The lowest BCUT2D eigenvalue weighted by Crippen LogP contribution is -2.38. The average Bonchev–Trinajstić information content (AvgIpc) is 2.53. The Morgan fingerprint density at radius 1 is 1.30 bits per heavy atom. The summed E-state index contributed by atoms with van der Waals surface area (Å²) in [5.41, 5.74) is 0.914. The Morgan fingerprint density at radius 2 is 2.25 bits per heavy atom. The van der Waals surface area contributed by atoms with Crippen molar-refractivity contribution < 1.29 is 9.47 Å². The number of fused-ring (bicyclic) bond motifs is 1. The summed E-state index contributed by atoms with van der Waals surface area (Å²) < 4.78 is 11.4. The minimum absolute atomic E-state index is 0.314. The molecule has 5 heteroatoms. The molecule has 106 valence electrons. The van der Waals surface area contributed by atoms with Gasteiger partial charge in [-0.15, -0.1) is 0 Å². The number of rotatable bonds is 5. The third kappa shape index (κ3) is 3.23. The molecular formula is C15H19N3O2. The van der Waals surface area contributed by atoms with Crippen molar-refractivity contribution in [2.24, 2.45) is 0 Å². The fourth-order valence-corrected chi connectivity index (χ4v) is 2.38. The number of nitrogens with zero attached hydrogens (tertiary/aromatic N) is 2. The fourth-order valence-electron chi connectivity index (χ4n) is 2.38. The molecule has 1 fully saturated rings. The monoisotopic (exact) mass is 273 g/mol. The Bertz CT molecular complexity index is 550. The van der Waals surface area contributed by atoms with Gasteiger partial charge in [-0.05, 0) is 25.0 Å². The number of para-hydroxylation sites is 1. The first-order valence-corrected chi connectivity index (χ1v) is 7.08. The van der Waals surface area contributed by atoms with Gasteiger partial charge in [-0.2, -0.15) is 0 Å². The van der Waals surface area contributed by atoms with Crippen LogP contribution in [0.3, 0.4) is 0 Å².